The van der Waals surface area contributed by atoms with Crippen molar-refractivity contribution in [2.24, 2.45) is 0 Å². The van der Waals surface area contributed by atoms with Crippen molar-refractivity contribution in [3.63, 3.8) is 0 Å². The Morgan fingerprint density at radius 1 is 1.04 bits per heavy atom. The lowest BCUT2D eigenvalue weighted by molar-refractivity contribution is 0.253. The highest BCUT2D eigenvalue weighted by molar-refractivity contribution is 5.77. The van der Waals surface area contributed by atoms with Gasteiger partial charge in [-0.3, -0.25) is 0 Å². The normalized spacial score (nSPS) is 16.3. The van der Waals surface area contributed by atoms with Gasteiger partial charge in [-0.1, -0.05) is 19.1 Å². The fourth-order valence-corrected chi connectivity index (χ4v) is 3.73. The SMILES string of the molecule is COc1c(CO)c(CO)cc2c1CC[C@H](C)c1ccc(CO)cc1-2. The van der Waals surface area contributed by atoms with Gasteiger partial charge in [-0.15, -0.1) is 0 Å². The second-order valence-corrected chi connectivity index (χ2v) is 6.41. The summed E-state index contributed by atoms with van der Waals surface area (Å²) in [6, 6.07) is 8.04. The lowest BCUT2D eigenvalue weighted by atomic mass is 9.89. The molecule has 0 fully saturated rings. The van der Waals surface area contributed by atoms with Crippen molar-refractivity contribution in [1.29, 1.82) is 0 Å². The van der Waals surface area contributed by atoms with Crippen molar-refractivity contribution in [2.45, 2.75) is 45.5 Å². The van der Waals surface area contributed by atoms with Crippen LogP contribution in [0.1, 0.15) is 47.1 Å². The van der Waals surface area contributed by atoms with E-state index in [0.717, 1.165) is 35.1 Å². The van der Waals surface area contributed by atoms with E-state index < -0.39 is 0 Å². The Bertz CT molecular complexity index is 752. The Morgan fingerprint density at radius 3 is 2.46 bits per heavy atom. The number of aliphatic hydroxyl groups is 3. The van der Waals surface area contributed by atoms with Crippen LogP contribution in [0.3, 0.4) is 0 Å². The maximum atomic E-state index is 9.74. The molecule has 0 saturated heterocycles. The molecule has 1 aliphatic carbocycles. The van der Waals surface area contributed by atoms with Crippen molar-refractivity contribution < 1.29 is 20.1 Å². The van der Waals surface area contributed by atoms with Crippen LogP contribution in [0.5, 0.6) is 5.75 Å². The Hall–Kier alpha value is -1.88. The molecule has 0 aromatic heterocycles. The standard InChI is InChI=1S/C20H24O4/c1-12-3-5-16-18(17-7-13(9-21)4-6-15(12)17)8-14(10-22)19(11-23)20(16)24-2/h4,6-8,12,21-23H,3,5,9-11H2,1-2H3/t12-/m0/s1. The Kier molecular flexibility index (Phi) is 4.90. The van der Waals surface area contributed by atoms with E-state index in [1.807, 2.05) is 18.2 Å². The van der Waals surface area contributed by atoms with Crippen LogP contribution in [0.25, 0.3) is 11.1 Å². The van der Waals surface area contributed by atoms with Gasteiger partial charge < -0.3 is 20.1 Å². The molecule has 4 heteroatoms. The third-order valence-corrected chi connectivity index (χ3v) is 5.06. The molecule has 0 unspecified atom stereocenters. The summed E-state index contributed by atoms with van der Waals surface area (Å²) < 4.78 is 5.62. The quantitative estimate of drug-likeness (QED) is 0.807. The van der Waals surface area contributed by atoms with E-state index in [4.69, 9.17) is 4.74 Å². The molecule has 2 aromatic rings. The molecule has 3 rings (SSSR count). The van der Waals surface area contributed by atoms with E-state index in [1.165, 1.54) is 5.56 Å². The minimum Gasteiger partial charge on any atom is -0.496 e. The van der Waals surface area contributed by atoms with Crippen LogP contribution in [0.4, 0.5) is 0 Å². The summed E-state index contributed by atoms with van der Waals surface area (Å²) in [6.07, 6.45) is 1.83. The summed E-state index contributed by atoms with van der Waals surface area (Å²) in [5, 5.41) is 29.0. The molecule has 1 aliphatic rings. The van der Waals surface area contributed by atoms with Crippen LogP contribution in [0, 0.1) is 0 Å². The molecule has 128 valence electrons. The number of hydrogen-bond acceptors (Lipinski definition) is 4. The zero-order valence-corrected chi connectivity index (χ0v) is 14.2. The van der Waals surface area contributed by atoms with Gasteiger partial charge >= 0.3 is 0 Å². The number of aliphatic hydroxyl groups excluding tert-OH is 3. The average molecular weight is 328 g/mol. The number of methoxy groups -OCH3 is 1. The molecule has 24 heavy (non-hydrogen) atoms. The van der Waals surface area contributed by atoms with Gasteiger partial charge in [-0.05, 0) is 58.7 Å². The van der Waals surface area contributed by atoms with Crippen LogP contribution < -0.4 is 4.74 Å². The summed E-state index contributed by atoms with van der Waals surface area (Å²) in [7, 11) is 1.61. The highest BCUT2D eigenvalue weighted by atomic mass is 16.5. The van der Waals surface area contributed by atoms with E-state index in [0.29, 0.717) is 22.8 Å². The predicted molar refractivity (Wildman–Crippen MR) is 92.9 cm³/mol. The minimum atomic E-state index is -0.161. The van der Waals surface area contributed by atoms with Gasteiger partial charge in [0, 0.05) is 11.1 Å². The third kappa shape index (κ3) is 2.71. The van der Waals surface area contributed by atoms with Crippen molar-refractivity contribution in [1.82, 2.24) is 0 Å². The molecule has 3 N–H and O–H groups in total. The van der Waals surface area contributed by atoms with Crippen molar-refractivity contribution in [3.05, 3.63) is 52.1 Å². The summed E-state index contributed by atoms with van der Waals surface area (Å²) in [6.45, 7) is 1.89. The van der Waals surface area contributed by atoms with Gasteiger partial charge in [0.05, 0.1) is 26.9 Å². The van der Waals surface area contributed by atoms with Crippen molar-refractivity contribution in [3.8, 4) is 16.9 Å². The number of rotatable bonds is 4. The highest BCUT2D eigenvalue weighted by Gasteiger charge is 2.25. The largest absolute Gasteiger partial charge is 0.496 e. The van der Waals surface area contributed by atoms with Gasteiger partial charge in [-0.25, -0.2) is 0 Å². The number of fused-ring (bicyclic) bond motifs is 3. The van der Waals surface area contributed by atoms with Crippen LogP contribution in [0.15, 0.2) is 24.3 Å². The molecule has 0 radical (unpaired) electrons. The Labute approximate surface area is 142 Å². The minimum absolute atomic E-state index is 0.00426. The van der Waals surface area contributed by atoms with E-state index in [-0.39, 0.29) is 19.8 Å². The first kappa shape index (κ1) is 17.0. The van der Waals surface area contributed by atoms with Gasteiger partial charge in [0.15, 0.2) is 0 Å². The molecular weight excluding hydrogens is 304 g/mol. The predicted octanol–water partition coefficient (Wildman–Crippen LogP) is 2.89. The van der Waals surface area contributed by atoms with Crippen LogP contribution in [-0.4, -0.2) is 22.4 Å². The number of benzene rings is 2. The smallest absolute Gasteiger partial charge is 0.128 e. The summed E-state index contributed by atoms with van der Waals surface area (Å²) in [4.78, 5) is 0. The average Bonchev–Trinajstić information content (AvgIpc) is 2.76. The fourth-order valence-electron chi connectivity index (χ4n) is 3.73. The maximum absolute atomic E-state index is 9.74. The lowest BCUT2D eigenvalue weighted by Gasteiger charge is -2.20. The zero-order chi connectivity index (χ0) is 17.3. The molecule has 0 saturated carbocycles. The summed E-state index contributed by atoms with van der Waals surface area (Å²) in [5.74, 6) is 1.06. The fraction of sp³-hybridized carbons (Fsp3) is 0.400. The monoisotopic (exact) mass is 328 g/mol. The Balaban J connectivity index is 2.34. The van der Waals surface area contributed by atoms with Gasteiger partial charge in [0.1, 0.15) is 5.75 Å². The molecule has 0 heterocycles. The van der Waals surface area contributed by atoms with Crippen LogP contribution in [-0.2, 0) is 26.2 Å². The van der Waals surface area contributed by atoms with Crippen LogP contribution >= 0.6 is 0 Å². The molecule has 0 aliphatic heterocycles. The molecule has 2 aromatic carbocycles. The maximum Gasteiger partial charge on any atom is 0.128 e. The molecule has 0 bridgehead atoms. The molecular formula is C20H24O4. The second kappa shape index (κ2) is 6.93. The lowest BCUT2D eigenvalue weighted by Crippen LogP contribution is -2.04. The molecule has 0 spiro atoms. The second-order valence-electron chi connectivity index (χ2n) is 6.41. The third-order valence-electron chi connectivity index (χ3n) is 5.06. The zero-order valence-electron chi connectivity index (χ0n) is 14.2. The van der Waals surface area contributed by atoms with E-state index in [9.17, 15) is 15.3 Å². The first-order chi connectivity index (χ1) is 11.6. The first-order valence-corrected chi connectivity index (χ1v) is 8.31. The molecule has 4 nitrogen and oxygen atoms in total. The van der Waals surface area contributed by atoms with E-state index >= 15 is 0 Å². The van der Waals surface area contributed by atoms with Crippen molar-refractivity contribution >= 4 is 0 Å². The molecule has 1 atom stereocenters. The van der Waals surface area contributed by atoms with Crippen LogP contribution in [0.2, 0.25) is 0 Å². The van der Waals surface area contributed by atoms with Gasteiger partial charge in [-0.2, -0.15) is 0 Å². The summed E-state index contributed by atoms with van der Waals surface area (Å²) in [5.41, 5.74) is 6.63. The van der Waals surface area contributed by atoms with Crippen molar-refractivity contribution in [2.75, 3.05) is 7.11 Å². The topological polar surface area (TPSA) is 69.9 Å². The highest BCUT2D eigenvalue weighted by Crippen LogP contribution is 2.44. The Morgan fingerprint density at radius 2 is 1.83 bits per heavy atom. The molecule has 0 amide bonds. The number of hydrogen-bond donors (Lipinski definition) is 3. The van der Waals surface area contributed by atoms with Gasteiger partial charge in [0.25, 0.3) is 0 Å². The summed E-state index contributed by atoms with van der Waals surface area (Å²) >= 11 is 0. The van der Waals surface area contributed by atoms with E-state index in [1.54, 1.807) is 7.11 Å². The number of ether oxygens (including phenoxy) is 1. The van der Waals surface area contributed by atoms with Gasteiger partial charge in [0.2, 0.25) is 0 Å². The van der Waals surface area contributed by atoms with E-state index in [2.05, 4.69) is 13.0 Å². The first-order valence-electron chi connectivity index (χ1n) is 8.31.